The van der Waals surface area contributed by atoms with Crippen LogP contribution in [-0.2, 0) is 6.18 Å². The lowest BCUT2D eigenvalue weighted by atomic mass is 10.3. The molecule has 0 aliphatic carbocycles. The van der Waals surface area contributed by atoms with Gasteiger partial charge in [-0.2, -0.15) is 13.2 Å². The van der Waals surface area contributed by atoms with Gasteiger partial charge in [-0.3, -0.25) is 4.40 Å². The highest BCUT2D eigenvalue weighted by atomic mass is 19.4. The second kappa shape index (κ2) is 5.24. The van der Waals surface area contributed by atoms with Crippen LogP contribution in [0.15, 0.2) is 36.7 Å². The summed E-state index contributed by atoms with van der Waals surface area (Å²) in [5, 5.41) is 10.8. The second-order valence-electron chi connectivity index (χ2n) is 4.62. The number of halogens is 3. The third-order valence-corrected chi connectivity index (χ3v) is 3.02. The van der Waals surface area contributed by atoms with E-state index in [9.17, 15) is 13.2 Å². The molecule has 0 aromatic carbocycles. The van der Waals surface area contributed by atoms with Gasteiger partial charge in [-0.25, -0.2) is 9.97 Å². The number of fused-ring (bicyclic) bond motifs is 1. The Balaban J connectivity index is 1.87. The molecule has 9 heteroatoms. The van der Waals surface area contributed by atoms with Crippen molar-refractivity contribution in [1.82, 2.24) is 24.6 Å². The first kappa shape index (κ1) is 14.2. The van der Waals surface area contributed by atoms with Crippen LogP contribution in [0.5, 0.6) is 0 Å². The number of anilines is 1. The van der Waals surface area contributed by atoms with Crippen molar-refractivity contribution < 1.29 is 13.2 Å². The van der Waals surface area contributed by atoms with Gasteiger partial charge in [0.15, 0.2) is 11.5 Å². The van der Waals surface area contributed by atoms with Gasteiger partial charge in [-0.05, 0) is 25.1 Å². The highest BCUT2D eigenvalue weighted by Crippen LogP contribution is 2.28. The fourth-order valence-electron chi connectivity index (χ4n) is 2.00. The van der Waals surface area contributed by atoms with Crippen molar-refractivity contribution in [3.63, 3.8) is 0 Å². The molecule has 3 aromatic heterocycles. The zero-order valence-corrected chi connectivity index (χ0v) is 11.4. The van der Waals surface area contributed by atoms with Crippen molar-refractivity contribution in [2.75, 3.05) is 5.32 Å². The van der Waals surface area contributed by atoms with Crippen molar-refractivity contribution in [2.45, 2.75) is 19.1 Å². The molecule has 0 bridgehead atoms. The van der Waals surface area contributed by atoms with Gasteiger partial charge >= 0.3 is 6.18 Å². The normalized spacial score (nSPS) is 13.3. The van der Waals surface area contributed by atoms with Gasteiger partial charge < -0.3 is 5.32 Å². The molecule has 3 heterocycles. The van der Waals surface area contributed by atoms with E-state index in [2.05, 4.69) is 25.5 Å². The van der Waals surface area contributed by atoms with E-state index in [-0.39, 0.29) is 5.95 Å². The first-order chi connectivity index (χ1) is 10.4. The molecule has 0 saturated heterocycles. The molecule has 0 amide bonds. The summed E-state index contributed by atoms with van der Waals surface area (Å²) in [7, 11) is 0. The molecular weight excluding hydrogens is 297 g/mol. The predicted octanol–water partition coefficient (Wildman–Crippen LogP) is 2.71. The molecule has 1 unspecified atom stereocenters. The summed E-state index contributed by atoms with van der Waals surface area (Å²) >= 11 is 0. The molecule has 0 aliphatic heterocycles. The summed E-state index contributed by atoms with van der Waals surface area (Å²) in [5.74, 6) is 0.437. The van der Waals surface area contributed by atoms with Crippen molar-refractivity contribution in [3.05, 3.63) is 48.2 Å². The Bertz CT molecular complexity index is 798. The zero-order chi connectivity index (χ0) is 15.7. The van der Waals surface area contributed by atoms with Gasteiger partial charge in [-0.1, -0.05) is 6.07 Å². The Labute approximate surface area is 123 Å². The van der Waals surface area contributed by atoms with E-state index < -0.39 is 17.9 Å². The first-order valence-corrected chi connectivity index (χ1v) is 6.41. The molecule has 3 aromatic rings. The molecule has 0 spiro atoms. The summed E-state index contributed by atoms with van der Waals surface area (Å²) in [6, 6.07) is 5.82. The SMILES string of the molecule is CC(Nc1nccc(C(F)(F)F)n1)c1nnc2ccccn12. The molecule has 0 aliphatic rings. The number of nitrogens with one attached hydrogen (secondary N) is 1. The van der Waals surface area contributed by atoms with E-state index in [0.29, 0.717) is 11.5 Å². The quantitative estimate of drug-likeness (QED) is 0.806. The highest BCUT2D eigenvalue weighted by molar-refractivity contribution is 5.39. The molecule has 6 nitrogen and oxygen atoms in total. The van der Waals surface area contributed by atoms with Crippen molar-refractivity contribution >= 4 is 11.6 Å². The first-order valence-electron chi connectivity index (χ1n) is 6.41. The average molecular weight is 308 g/mol. The molecule has 1 atom stereocenters. The molecule has 0 radical (unpaired) electrons. The predicted molar refractivity (Wildman–Crippen MR) is 72.1 cm³/mol. The third kappa shape index (κ3) is 2.69. The largest absolute Gasteiger partial charge is 0.433 e. The van der Waals surface area contributed by atoms with Crippen LogP contribution in [0.4, 0.5) is 19.1 Å². The van der Waals surface area contributed by atoms with Crippen LogP contribution in [0.3, 0.4) is 0 Å². The molecule has 1 N–H and O–H groups in total. The summed E-state index contributed by atoms with van der Waals surface area (Å²) in [6.07, 6.45) is -1.67. The molecule has 3 rings (SSSR count). The lowest BCUT2D eigenvalue weighted by molar-refractivity contribution is -0.141. The molecule has 114 valence electrons. The van der Waals surface area contributed by atoms with Gasteiger partial charge in [0.25, 0.3) is 0 Å². The Kier molecular flexibility index (Phi) is 3.39. The number of hydrogen-bond donors (Lipinski definition) is 1. The summed E-state index contributed by atoms with van der Waals surface area (Å²) in [6.45, 7) is 1.74. The number of pyridine rings is 1. The van der Waals surface area contributed by atoms with Crippen LogP contribution in [0.25, 0.3) is 5.65 Å². The van der Waals surface area contributed by atoms with E-state index in [1.165, 1.54) is 0 Å². The number of aromatic nitrogens is 5. The topological polar surface area (TPSA) is 68.0 Å². The average Bonchev–Trinajstić information content (AvgIpc) is 2.90. The van der Waals surface area contributed by atoms with Crippen LogP contribution < -0.4 is 5.32 Å². The lowest BCUT2D eigenvalue weighted by Gasteiger charge is -2.13. The van der Waals surface area contributed by atoms with E-state index in [0.717, 1.165) is 12.3 Å². The van der Waals surface area contributed by atoms with Gasteiger partial charge in [0, 0.05) is 12.4 Å². The van der Waals surface area contributed by atoms with Crippen LogP contribution in [0.2, 0.25) is 0 Å². The van der Waals surface area contributed by atoms with Gasteiger partial charge in [-0.15, -0.1) is 10.2 Å². The molecule has 0 saturated carbocycles. The minimum Gasteiger partial charge on any atom is -0.344 e. The maximum absolute atomic E-state index is 12.6. The maximum atomic E-state index is 12.6. The summed E-state index contributed by atoms with van der Waals surface area (Å²) < 4.78 is 39.7. The third-order valence-electron chi connectivity index (χ3n) is 3.02. The van der Waals surface area contributed by atoms with Gasteiger partial charge in [0.05, 0.1) is 6.04 Å². The Morgan fingerprint density at radius 1 is 1.18 bits per heavy atom. The molecule has 22 heavy (non-hydrogen) atoms. The fraction of sp³-hybridized carbons (Fsp3) is 0.231. The summed E-state index contributed by atoms with van der Waals surface area (Å²) in [4.78, 5) is 7.27. The van der Waals surface area contributed by atoms with E-state index in [1.54, 1.807) is 23.6 Å². The van der Waals surface area contributed by atoms with Crippen molar-refractivity contribution in [1.29, 1.82) is 0 Å². The number of rotatable bonds is 3. The van der Waals surface area contributed by atoms with Crippen LogP contribution >= 0.6 is 0 Å². The Morgan fingerprint density at radius 3 is 2.77 bits per heavy atom. The Morgan fingerprint density at radius 2 is 2.00 bits per heavy atom. The molecular formula is C13H11F3N6. The van der Waals surface area contributed by atoms with E-state index in [4.69, 9.17) is 0 Å². The maximum Gasteiger partial charge on any atom is 0.433 e. The summed E-state index contributed by atoms with van der Waals surface area (Å²) in [5.41, 5.74) is -0.348. The minimum absolute atomic E-state index is 0.116. The number of hydrogen-bond acceptors (Lipinski definition) is 5. The van der Waals surface area contributed by atoms with Crippen molar-refractivity contribution in [2.24, 2.45) is 0 Å². The number of nitrogens with zero attached hydrogens (tertiary/aromatic N) is 5. The van der Waals surface area contributed by atoms with Crippen LogP contribution in [0, 0.1) is 0 Å². The lowest BCUT2D eigenvalue weighted by Crippen LogP contribution is -2.15. The van der Waals surface area contributed by atoms with Crippen LogP contribution in [-0.4, -0.2) is 24.6 Å². The molecule has 0 fully saturated rings. The second-order valence-corrected chi connectivity index (χ2v) is 4.62. The van der Waals surface area contributed by atoms with Gasteiger partial charge in [0.1, 0.15) is 5.69 Å². The number of alkyl halides is 3. The van der Waals surface area contributed by atoms with Crippen molar-refractivity contribution in [3.8, 4) is 0 Å². The van der Waals surface area contributed by atoms with Crippen LogP contribution in [0.1, 0.15) is 24.5 Å². The smallest absolute Gasteiger partial charge is 0.344 e. The fourth-order valence-corrected chi connectivity index (χ4v) is 2.00. The highest BCUT2D eigenvalue weighted by Gasteiger charge is 2.33. The Hall–Kier alpha value is -2.71. The standard InChI is InChI=1S/C13H11F3N6/c1-8(11-21-20-10-4-2-3-7-22(10)11)18-12-17-6-5-9(19-12)13(14,15)16/h2-8H,1H3,(H,17,18,19). The zero-order valence-electron chi connectivity index (χ0n) is 11.4. The van der Waals surface area contributed by atoms with E-state index in [1.807, 2.05) is 12.1 Å². The van der Waals surface area contributed by atoms with Gasteiger partial charge in [0.2, 0.25) is 5.95 Å². The van der Waals surface area contributed by atoms with E-state index >= 15 is 0 Å². The minimum atomic E-state index is -4.51. The monoisotopic (exact) mass is 308 g/mol.